The van der Waals surface area contributed by atoms with Gasteiger partial charge in [0.25, 0.3) is 5.91 Å². The van der Waals surface area contributed by atoms with Gasteiger partial charge < -0.3 is 19.5 Å². The van der Waals surface area contributed by atoms with Crippen LogP contribution in [0.1, 0.15) is 23.7 Å². The van der Waals surface area contributed by atoms with Crippen molar-refractivity contribution >= 4 is 21.7 Å². The number of sulfone groups is 1. The molecule has 1 aromatic carbocycles. The van der Waals surface area contributed by atoms with Crippen LogP contribution in [-0.2, 0) is 19.4 Å². The number of ether oxygens (including phenoxy) is 3. The van der Waals surface area contributed by atoms with Gasteiger partial charge in [-0.15, -0.1) is 0 Å². The van der Waals surface area contributed by atoms with E-state index in [1.165, 1.54) is 32.4 Å². The molecule has 1 heterocycles. The summed E-state index contributed by atoms with van der Waals surface area (Å²) in [5.74, 6) is -0.396. The summed E-state index contributed by atoms with van der Waals surface area (Å²) in [4.78, 5) is 23.6. The van der Waals surface area contributed by atoms with Crippen molar-refractivity contribution in [3.05, 3.63) is 23.8 Å². The lowest BCUT2D eigenvalue weighted by atomic mass is 10.0. The van der Waals surface area contributed by atoms with Crippen LogP contribution in [0.5, 0.6) is 11.5 Å². The third kappa shape index (κ3) is 4.85. The number of rotatable bonds is 6. The summed E-state index contributed by atoms with van der Waals surface area (Å²) < 4.78 is 38.3. The van der Waals surface area contributed by atoms with E-state index < -0.39 is 27.3 Å². The van der Waals surface area contributed by atoms with Gasteiger partial charge in [0.1, 0.15) is 0 Å². The van der Waals surface area contributed by atoms with E-state index in [-0.39, 0.29) is 29.6 Å². The van der Waals surface area contributed by atoms with Gasteiger partial charge in [-0.3, -0.25) is 4.79 Å². The van der Waals surface area contributed by atoms with Crippen LogP contribution in [-0.4, -0.2) is 58.2 Å². The Morgan fingerprint density at radius 1 is 1.24 bits per heavy atom. The summed E-state index contributed by atoms with van der Waals surface area (Å²) in [6, 6.07) is 4.44. The quantitative estimate of drug-likeness (QED) is 0.728. The Balaban J connectivity index is 1.99. The zero-order chi connectivity index (χ0) is 18.7. The molecule has 0 aliphatic carbocycles. The Hall–Kier alpha value is -2.29. The van der Waals surface area contributed by atoms with Gasteiger partial charge in [0, 0.05) is 0 Å². The predicted octanol–water partition coefficient (Wildman–Crippen LogP) is 0.554. The lowest BCUT2D eigenvalue weighted by Crippen LogP contribution is -2.48. The van der Waals surface area contributed by atoms with Gasteiger partial charge in [-0.25, -0.2) is 13.2 Å². The highest BCUT2D eigenvalue weighted by Gasteiger charge is 2.39. The smallest absolute Gasteiger partial charge is 0.337 e. The average molecular weight is 371 g/mol. The van der Waals surface area contributed by atoms with E-state index in [2.05, 4.69) is 10.1 Å². The van der Waals surface area contributed by atoms with Gasteiger partial charge >= 0.3 is 5.97 Å². The maximum absolute atomic E-state index is 12.1. The van der Waals surface area contributed by atoms with E-state index in [0.29, 0.717) is 12.0 Å². The molecule has 1 aromatic rings. The molecule has 0 aromatic heterocycles. The summed E-state index contributed by atoms with van der Waals surface area (Å²) in [5.41, 5.74) is -0.488. The minimum atomic E-state index is -3.11. The second-order valence-corrected chi connectivity index (χ2v) is 8.28. The summed E-state index contributed by atoms with van der Waals surface area (Å²) >= 11 is 0. The van der Waals surface area contributed by atoms with Crippen molar-refractivity contribution in [3.63, 3.8) is 0 Å². The molecule has 0 unspecified atom stereocenters. The molecule has 1 saturated heterocycles. The van der Waals surface area contributed by atoms with Gasteiger partial charge in [-0.2, -0.15) is 0 Å². The third-order valence-electron chi connectivity index (χ3n) is 3.89. The predicted molar refractivity (Wildman–Crippen MR) is 89.6 cm³/mol. The lowest BCUT2D eigenvalue weighted by Gasteiger charge is -2.24. The van der Waals surface area contributed by atoms with Gasteiger partial charge in [0.15, 0.2) is 27.9 Å². The first-order valence-electron chi connectivity index (χ1n) is 7.59. The normalized spacial score (nSPS) is 21.4. The van der Waals surface area contributed by atoms with Crippen LogP contribution < -0.4 is 14.8 Å². The second kappa shape index (κ2) is 7.30. The Morgan fingerprint density at radius 2 is 1.96 bits per heavy atom. The van der Waals surface area contributed by atoms with Gasteiger partial charge in [-0.05, 0) is 31.5 Å². The van der Waals surface area contributed by atoms with E-state index in [9.17, 15) is 18.0 Å². The summed E-state index contributed by atoms with van der Waals surface area (Å²) in [6.45, 7) is 1.39. The molecule has 0 saturated carbocycles. The fourth-order valence-corrected chi connectivity index (χ4v) is 4.75. The van der Waals surface area contributed by atoms with Crippen LogP contribution in [0, 0.1) is 0 Å². The highest BCUT2D eigenvalue weighted by atomic mass is 32.2. The number of methoxy groups -OCH3 is 2. The van der Waals surface area contributed by atoms with E-state index in [1.807, 2.05) is 0 Å². The number of hydrogen-bond donors (Lipinski definition) is 1. The Labute approximate surface area is 146 Å². The molecule has 9 heteroatoms. The monoisotopic (exact) mass is 371 g/mol. The highest BCUT2D eigenvalue weighted by molar-refractivity contribution is 7.91. The fourth-order valence-electron chi connectivity index (χ4n) is 2.66. The number of carbonyl (C=O) groups excluding carboxylic acids is 2. The first kappa shape index (κ1) is 19.0. The van der Waals surface area contributed by atoms with Gasteiger partial charge in [0.05, 0.1) is 36.8 Å². The minimum absolute atomic E-state index is 0.0629. The third-order valence-corrected chi connectivity index (χ3v) is 5.79. The van der Waals surface area contributed by atoms with Crippen molar-refractivity contribution < 1.29 is 32.2 Å². The average Bonchev–Trinajstić information content (AvgIpc) is 2.84. The summed E-state index contributed by atoms with van der Waals surface area (Å²) in [5, 5.41) is 2.70. The van der Waals surface area contributed by atoms with Crippen LogP contribution in [0.25, 0.3) is 0 Å². The molecule has 25 heavy (non-hydrogen) atoms. The van der Waals surface area contributed by atoms with E-state index in [0.717, 1.165) is 0 Å². The SMILES string of the molecule is COC(=O)c1ccc(OCC(=O)N[C@@]2(C)CCS(=O)(=O)C2)c(OC)c1. The van der Waals surface area contributed by atoms with Crippen LogP contribution in [0.3, 0.4) is 0 Å². The Kier molecular flexibility index (Phi) is 5.56. The lowest BCUT2D eigenvalue weighted by molar-refractivity contribution is -0.124. The number of hydrogen-bond acceptors (Lipinski definition) is 7. The standard InChI is InChI=1S/C16H21NO7S/c1-16(6-7-25(20,21)10-16)17-14(18)9-24-12-5-4-11(15(19)23-3)8-13(12)22-2/h4-5,8H,6-7,9-10H2,1-3H3,(H,17,18)/t16-/m0/s1. The van der Waals surface area contributed by atoms with Crippen LogP contribution in [0.2, 0.25) is 0 Å². The Bertz CT molecular complexity index is 775. The van der Waals surface area contributed by atoms with Crippen LogP contribution >= 0.6 is 0 Å². The largest absolute Gasteiger partial charge is 0.493 e. The molecule has 1 atom stereocenters. The number of amides is 1. The number of esters is 1. The molecule has 1 N–H and O–H groups in total. The molecule has 2 rings (SSSR count). The molecule has 1 aliphatic heterocycles. The number of nitrogens with one attached hydrogen (secondary N) is 1. The molecule has 0 radical (unpaired) electrons. The topological polar surface area (TPSA) is 108 Å². The van der Waals surface area contributed by atoms with E-state index in [4.69, 9.17) is 9.47 Å². The first-order valence-corrected chi connectivity index (χ1v) is 9.41. The van der Waals surface area contributed by atoms with Crippen molar-refractivity contribution in [1.82, 2.24) is 5.32 Å². The minimum Gasteiger partial charge on any atom is -0.493 e. The molecule has 1 aliphatic rings. The molecule has 0 bridgehead atoms. The van der Waals surface area contributed by atoms with Crippen molar-refractivity contribution in [3.8, 4) is 11.5 Å². The van der Waals surface area contributed by atoms with Crippen molar-refractivity contribution in [2.45, 2.75) is 18.9 Å². The maximum Gasteiger partial charge on any atom is 0.337 e. The maximum atomic E-state index is 12.1. The number of carbonyl (C=O) groups is 2. The van der Waals surface area contributed by atoms with Gasteiger partial charge in [0.2, 0.25) is 0 Å². The highest BCUT2D eigenvalue weighted by Crippen LogP contribution is 2.28. The molecule has 138 valence electrons. The summed E-state index contributed by atoms with van der Waals surface area (Å²) in [6.07, 6.45) is 0.373. The van der Waals surface area contributed by atoms with Gasteiger partial charge in [-0.1, -0.05) is 0 Å². The zero-order valence-electron chi connectivity index (χ0n) is 14.3. The Morgan fingerprint density at radius 3 is 2.52 bits per heavy atom. The number of benzene rings is 1. The fraction of sp³-hybridized carbons (Fsp3) is 0.500. The summed E-state index contributed by atoms with van der Waals surface area (Å²) in [7, 11) is -0.430. The molecule has 8 nitrogen and oxygen atoms in total. The van der Waals surface area contributed by atoms with E-state index in [1.54, 1.807) is 6.92 Å². The van der Waals surface area contributed by atoms with Crippen molar-refractivity contribution in [2.24, 2.45) is 0 Å². The first-order chi connectivity index (χ1) is 11.7. The zero-order valence-corrected chi connectivity index (χ0v) is 15.1. The molecular formula is C16H21NO7S. The van der Waals surface area contributed by atoms with E-state index >= 15 is 0 Å². The molecule has 1 fully saturated rings. The van der Waals surface area contributed by atoms with Crippen molar-refractivity contribution in [2.75, 3.05) is 32.3 Å². The van der Waals surface area contributed by atoms with Crippen LogP contribution in [0.4, 0.5) is 0 Å². The molecule has 1 amide bonds. The molecule has 0 spiro atoms. The van der Waals surface area contributed by atoms with Crippen molar-refractivity contribution in [1.29, 1.82) is 0 Å². The second-order valence-electron chi connectivity index (χ2n) is 6.10. The molecular weight excluding hydrogens is 350 g/mol. The van der Waals surface area contributed by atoms with Crippen LogP contribution in [0.15, 0.2) is 18.2 Å².